The molecule has 2 aromatic carbocycles. The van der Waals surface area contributed by atoms with Crippen LogP contribution in [0.25, 0.3) is 0 Å². The molecule has 0 bridgehead atoms. The normalized spacial score (nSPS) is 11.0. The highest BCUT2D eigenvalue weighted by atomic mass is 35.5. The highest BCUT2D eigenvalue weighted by Gasteiger charge is 2.23. The van der Waals surface area contributed by atoms with E-state index in [1.165, 1.54) is 25.3 Å². The molecule has 0 radical (unpaired) electrons. The Kier molecular flexibility index (Phi) is 7.04. The molecule has 0 saturated heterocycles. The Balaban J connectivity index is 2.30. The highest BCUT2D eigenvalue weighted by Crippen LogP contribution is 2.25. The second-order valence-corrected chi connectivity index (χ2v) is 8.30. The minimum atomic E-state index is -3.71. The van der Waals surface area contributed by atoms with Crippen molar-refractivity contribution < 1.29 is 22.7 Å². The number of ether oxygens (including phenoxy) is 1. The number of esters is 1. The lowest BCUT2D eigenvalue weighted by molar-refractivity contribution is -0.114. The van der Waals surface area contributed by atoms with Gasteiger partial charge in [0.1, 0.15) is 6.54 Å². The first kappa shape index (κ1) is 21.7. The standard InChI is InChI=1S/C19H21ClN2O5S/c1-4-13-7-5-6-8-17(13)22(28(3,25)26)12-18(23)21-16-11-14(19(24)27-2)9-10-15(16)20/h5-11H,4,12H2,1-3H3,(H,21,23). The van der Waals surface area contributed by atoms with Crippen LogP contribution in [-0.4, -0.2) is 40.2 Å². The van der Waals surface area contributed by atoms with Crippen molar-refractivity contribution in [3.63, 3.8) is 0 Å². The largest absolute Gasteiger partial charge is 0.465 e. The van der Waals surface area contributed by atoms with Crippen molar-refractivity contribution in [2.45, 2.75) is 13.3 Å². The molecule has 0 aliphatic rings. The molecule has 7 nitrogen and oxygen atoms in total. The molecule has 150 valence electrons. The van der Waals surface area contributed by atoms with Gasteiger partial charge in [-0.3, -0.25) is 9.10 Å². The molecule has 0 aliphatic heterocycles. The number of sulfonamides is 1. The molecule has 28 heavy (non-hydrogen) atoms. The first-order valence-electron chi connectivity index (χ1n) is 8.40. The van der Waals surface area contributed by atoms with E-state index in [9.17, 15) is 18.0 Å². The molecule has 1 N–H and O–H groups in total. The van der Waals surface area contributed by atoms with Crippen LogP contribution in [0.1, 0.15) is 22.8 Å². The fourth-order valence-electron chi connectivity index (χ4n) is 2.62. The number of nitrogens with one attached hydrogen (secondary N) is 1. The SMILES string of the molecule is CCc1ccccc1N(CC(=O)Nc1cc(C(=O)OC)ccc1Cl)S(C)(=O)=O. The fourth-order valence-corrected chi connectivity index (χ4v) is 3.67. The Labute approximate surface area is 169 Å². The van der Waals surface area contributed by atoms with Crippen LogP contribution in [0, 0.1) is 0 Å². The Hall–Kier alpha value is -2.58. The second kappa shape index (κ2) is 9.07. The number of carbonyl (C=O) groups is 2. The van der Waals surface area contributed by atoms with Gasteiger partial charge in [0.25, 0.3) is 0 Å². The van der Waals surface area contributed by atoms with Crippen LogP contribution in [0.2, 0.25) is 5.02 Å². The summed E-state index contributed by atoms with van der Waals surface area (Å²) < 4.78 is 30.3. The number of amides is 1. The van der Waals surface area contributed by atoms with Gasteiger partial charge < -0.3 is 10.1 Å². The molecule has 9 heteroatoms. The summed E-state index contributed by atoms with van der Waals surface area (Å²) in [7, 11) is -2.47. The van der Waals surface area contributed by atoms with E-state index in [-0.39, 0.29) is 16.3 Å². The third-order valence-corrected chi connectivity index (χ3v) is 5.45. The zero-order valence-corrected chi connectivity index (χ0v) is 17.3. The molecular formula is C19H21ClN2O5S. The van der Waals surface area contributed by atoms with E-state index in [2.05, 4.69) is 10.1 Å². The van der Waals surface area contributed by atoms with E-state index in [1.54, 1.807) is 18.2 Å². The summed E-state index contributed by atoms with van der Waals surface area (Å²) >= 11 is 6.08. The van der Waals surface area contributed by atoms with E-state index in [1.807, 2.05) is 13.0 Å². The second-order valence-electron chi connectivity index (χ2n) is 5.99. The molecule has 0 atom stereocenters. The van der Waals surface area contributed by atoms with E-state index >= 15 is 0 Å². The number of rotatable bonds is 7. The van der Waals surface area contributed by atoms with Crippen molar-refractivity contribution in [1.29, 1.82) is 0 Å². The lowest BCUT2D eigenvalue weighted by Gasteiger charge is -2.24. The minimum Gasteiger partial charge on any atom is -0.465 e. The number of carbonyl (C=O) groups excluding carboxylic acids is 2. The van der Waals surface area contributed by atoms with Crippen molar-refractivity contribution in [2.75, 3.05) is 29.5 Å². The first-order chi connectivity index (χ1) is 13.2. The Bertz CT molecular complexity index is 992. The zero-order valence-electron chi connectivity index (χ0n) is 15.7. The molecule has 0 unspecified atom stereocenters. The molecule has 0 fully saturated rings. The molecule has 1 amide bonds. The van der Waals surface area contributed by atoms with Crippen molar-refractivity contribution in [1.82, 2.24) is 0 Å². The number of benzene rings is 2. The van der Waals surface area contributed by atoms with E-state index in [0.29, 0.717) is 12.1 Å². The van der Waals surface area contributed by atoms with Gasteiger partial charge >= 0.3 is 5.97 Å². The van der Waals surface area contributed by atoms with Crippen molar-refractivity contribution >= 4 is 44.9 Å². The Morgan fingerprint density at radius 2 is 1.86 bits per heavy atom. The predicted octanol–water partition coefficient (Wildman–Crippen LogP) is 3.09. The van der Waals surface area contributed by atoms with Crippen LogP contribution in [0.3, 0.4) is 0 Å². The molecule has 0 saturated carbocycles. The average molecular weight is 425 g/mol. The summed E-state index contributed by atoms with van der Waals surface area (Å²) in [6, 6.07) is 11.3. The van der Waals surface area contributed by atoms with Crippen molar-refractivity contribution in [3.8, 4) is 0 Å². The molecular weight excluding hydrogens is 404 g/mol. The van der Waals surface area contributed by atoms with Crippen molar-refractivity contribution in [2.24, 2.45) is 0 Å². The molecule has 2 rings (SSSR count). The maximum atomic E-state index is 12.6. The molecule has 0 heterocycles. The van der Waals surface area contributed by atoms with Gasteiger partial charge in [0, 0.05) is 0 Å². The Morgan fingerprint density at radius 3 is 2.46 bits per heavy atom. The molecule has 2 aromatic rings. The molecule has 0 spiro atoms. The summed E-state index contributed by atoms with van der Waals surface area (Å²) in [5.41, 5.74) is 1.63. The van der Waals surface area contributed by atoms with E-state index in [0.717, 1.165) is 16.1 Å². The Morgan fingerprint density at radius 1 is 1.18 bits per heavy atom. The van der Waals surface area contributed by atoms with E-state index in [4.69, 9.17) is 11.6 Å². The number of para-hydroxylation sites is 1. The van der Waals surface area contributed by atoms with Gasteiger partial charge in [-0.15, -0.1) is 0 Å². The fraction of sp³-hybridized carbons (Fsp3) is 0.263. The monoisotopic (exact) mass is 424 g/mol. The van der Waals surface area contributed by atoms with Gasteiger partial charge in [-0.1, -0.05) is 36.7 Å². The van der Waals surface area contributed by atoms with Crippen LogP contribution in [-0.2, 0) is 26.0 Å². The van der Waals surface area contributed by atoms with Gasteiger partial charge in [0.15, 0.2) is 0 Å². The number of anilines is 2. The van der Waals surface area contributed by atoms with Gasteiger partial charge in [0.2, 0.25) is 15.9 Å². The number of methoxy groups -OCH3 is 1. The maximum absolute atomic E-state index is 12.6. The average Bonchev–Trinajstić information content (AvgIpc) is 2.66. The third kappa shape index (κ3) is 5.24. The number of hydrogen-bond donors (Lipinski definition) is 1. The van der Waals surface area contributed by atoms with Crippen molar-refractivity contribution in [3.05, 3.63) is 58.6 Å². The van der Waals surface area contributed by atoms with Crippen LogP contribution in [0.4, 0.5) is 11.4 Å². The number of nitrogens with zero attached hydrogens (tertiary/aromatic N) is 1. The van der Waals surface area contributed by atoms with Gasteiger partial charge in [-0.2, -0.15) is 0 Å². The summed E-state index contributed by atoms with van der Waals surface area (Å²) in [4.78, 5) is 24.2. The van der Waals surface area contributed by atoms with Crippen LogP contribution in [0.5, 0.6) is 0 Å². The number of hydrogen-bond acceptors (Lipinski definition) is 5. The number of halogens is 1. The topological polar surface area (TPSA) is 92.8 Å². The van der Waals surface area contributed by atoms with Crippen LogP contribution < -0.4 is 9.62 Å². The smallest absolute Gasteiger partial charge is 0.337 e. The van der Waals surface area contributed by atoms with Crippen LogP contribution in [0.15, 0.2) is 42.5 Å². The van der Waals surface area contributed by atoms with Gasteiger partial charge in [-0.05, 0) is 36.2 Å². The lowest BCUT2D eigenvalue weighted by atomic mass is 10.1. The highest BCUT2D eigenvalue weighted by molar-refractivity contribution is 7.92. The predicted molar refractivity (Wildman–Crippen MR) is 109 cm³/mol. The number of aryl methyl sites for hydroxylation is 1. The first-order valence-corrected chi connectivity index (χ1v) is 10.6. The molecule has 0 aromatic heterocycles. The minimum absolute atomic E-state index is 0.187. The summed E-state index contributed by atoms with van der Waals surface area (Å²) in [5, 5.41) is 2.76. The lowest BCUT2D eigenvalue weighted by Crippen LogP contribution is -2.38. The quantitative estimate of drug-likeness (QED) is 0.689. The zero-order chi connectivity index (χ0) is 20.9. The van der Waals surface area contributed by atoms with Gasteiger partial charge in [-0.25, -0.2) is 13.2 Å². The van der Waals surface area contributed by atoms with Crippen LogP contribution >= 0.6 is 11.6 Å². The molecule has 0 aliphatic carbocycles. The third-order valence-electron chi connectivity index (χ3n) is 3.99. The maximum Gasteiger partial charge on any atom is 0.337 e. The van der Waals surface area contributed by atoms with Gasteiger partial charge in [0.05, 0.1) is 35.3 Å². The summed E-state index contributed by atoms with van der Waals surface area (Å²) in [6.07, 6.45) is 1.65. The summed E-state index contributed by atoms with van der Waals surface area (Å²) in [5.74, 6) is -1.18. The van der Waals surface area contributed by atoms with E-state index < -0.39 is 28.4 Å². The summed E-state index contributed by atoms with van der Waals surface area (Å²) in [6.45, 7) is 1.46.